The smallest absolute Gasteiger partial charge is 0.339 e. The Kier molecular flexibility index (Phi) is 6.12. The predicted molar refractivity (Wildman–Crippen MR) is 100 cm³/mol. The van der Waals surface area contributed by atoms with E-state index in [0.717, 1.165) is 12.1 Å². The first-order valence-electron chi connectivity index (χ1n) is 8.87. The molecule has 0 atom stereocenters. The van der Waals surface area contributed by atoms with Gasteiger partial charge in [0.15, 0.2) is 0 Å². The normalized spacial score (nSPS) is 15.3. The SMILES string of the molecule is O=C(Nc1ccc(Cl)c(C(F)(F)F)c1)C1CCN(C(=O)c2ccc(F)cc2)CC1. The summed E-state index contributed by atoms with van der Waals surface area (Å²) in [6.45, 7) is 0.644. The van der Waals surface area contributed by atoms with Crippen molar-refractivity contribution in [3.63, 3.8) is 0 Å². The third-order valence-electron chi connectivity index (χ3n) is 4.78. The molecule has 1 aliphatic rings. The molecule has 154 valence electrons. The number of nitrogens with zero attached hydrogens (tertiary/aromatic N) is 1. The number of alkyl halides is 3. The lowest BCUT2D eigenvalue weighted by molar-refractivity contribution is -0.137. The summed E-state index contributed by atoms with van der Waals surface area (Å²) in [4.78, 5) is 26.4. The van der Waals surface area contributed by atoms with Crippen LogP contribution >= 0.6 is 11.6 Å². The molecule has 0 saturated carbocycles. The summed E-state index contributed by atoms with van der Waals surface area (Å²) in [5.41, 5.74) is -0.650. The minimum Gasteiger partial charge on any atom is -0.339 e. The summed E-state index contributed by atoms with van der Waals surface area (Å²) in [6, 6.07) is 8.40. The van der Waals surface area contributed by atoms with Gasteiger partial charge in [-0.2, -0.15) is 13.2 Å². The number of amides is 2. The Balaban J connectivity index is 1.59. The number of rotatable bonds is 3. The zero-order valence-electron chi connectivity index (χ0n) is 15.1. The molecule has 1 aliphatic heterocycles. The van der Waals surface area contributed by atoms with Crippen molar-refractivity contribution in [2.24, 2.45) is 5.92 Å². The highest BCUT2D eigenvalue weighted by Crippen LogP contribution is 2.36. The Morgan fingerprint density at radius 3 is 2.24 bits per heavy atom. The molecule has 2 aromatic carbocycles. The van der Waals surface area contributed by atoms with Gasteiger partial charge in [-0.15, -0.1) is 0 Å². The highest BCUT2D eigenvalue weighted by atomic mass is 35.5. The molecular weight excluding hydrogens is 412 g/mol. The number of carbonyl (C=O) groups is 2. The lowest BCUT2D eigenvalue weighted by atomic mass is 9.95. The molecule has 1 N–H and O–H groups in total. The number of likely N-dealkylation sites (tertiary alicyclic amines) is 1. The molecule has 0 aliphatic carbocycles. The van der Waals surface area contributed by atoms with Crippen molar-refractivity contribution >= 4 is 29.1 Å². The van der Waals surface area contributed by atoms with E-state index in [1.54, 1.807) is 4.90 Å². The van der Waals surface area contributed by atoms with E-state index < -0.39 is 34.4 Å². The monoisotopic (exact) mass is 428 g/mol. The maximum absolute atomic E-state index is 13.0. The Morgan fingerprint density at radius 1 is 1.03 bits per heavy atom. The van der Waals surface area contributed by atoms with Gasteiger partial charge in [-0.05, 0) is 55.3 Å². The van der Waals surface area contributed by atoms with Crippen LogP contribution < -0.4 is 5.32 Å². The van der Waals surface area contributed by atoms with Crippen LogP contribution in [0.4, 0.5) is 23.2 Å². The molecule has 0 unspecified atom stereocenters. The fourth-order valence-corrected chi connectivity index (χ4v) is 3.41. The van der Waals surface area contributed by atoms with Crippen molar-refractivity contribution in [2.75, 3.05) is 18.4 Å². The van der Waals surface area contributed by atoms with Gasteiger partial charge < -0.3 is 10.2 Å². The van der Waals surface area contributed by atoms with Crippen LogP contribution in [0.25, 0.3) is 0 Å². The predicted octanol–water partition coefficient (Wildman–Crippen LogP) is 4.99. The van der Waals surface area contributed by atoms with Crippen molar-refractivity contribution in [2.45, 2.75) is 19.0 Å². The molecule has 9 heteroatoms. The highest BCUT2D eigenvalue weighted by Gasteiger charge is 2.34. The maximum Gasteiger partial charge on any atom is 0.417 e. The Hall–Kier alpha value is -2.61. The maximum atomic E-state index is 13.0. The van der Waals surface area contributed by atoms with Gasteiger partial charge in [0.25, 0.3) is 5.91 Å². The van der Waals surface area contributed by atoms with Crippen LogP contribution in [0.5, 0.6) is 0 Å². The second-order valence-electron chi connectivity index (χ2n) is 6.76. The van der Waals surface area contributed by atoms with E-state index in [2.05, 4.69) is 5.32 Å². The van der Waals surface area contributed by atoms with Crippen LogP contribution in [0.2, 0.25) is 5.02 Å². The van der Waals surface area contributed by atoms with E-state index in [0.29, 0.717) is 31.5 Å². The van der Waals surface area contributed by atoms with Crippen LogP contribution in [-0.4, -0.2) is 29.8 Å². The molecule has 0 spiro atoms. The number of anilines is 1. The minimum absolute atomic E-state index is 0.0107. The molecule has 0 radical (unpaired) electrons. The lowest BCUT2D eigenvalue weighted by Crippen LogP contribution is -2.41. The van der Waals surface area contributed by atoms with Crippen molar-refractivity contribution in [1.29, 1.82) is 0 Å². The second-order valence-corrected chi connectivity index (χ2v) is 7.16. The van der Waals surface area contributed by atoms with E-state index in [-0.39, 0.29) is 11.6 Å². The zero-order valence-corrected chi connectivity index (χ0v) is 15.9. The van der Waals surface area contributed by atoms with Crippen LogP contribution in [-0.2, 0) is 11.0 Å². The summed E-state index contributed by atoms with van der Waals surface area (Å²) < 4.78 is 51.8. The van der Waals surface area contributed by atoms with Gasteiger partial charge in [0, 0.05) is 30.3 Å². The van der Waals surface area contributed by atoms with Gasteiger partial charge in [0.2, 0.25) is 5.91 Å². The van der Waals surface area contributed by atoms with Gasteiger partial charge in [-0.25, -0.2) is 4.39 Å². The third kappa shape index (κ3) is 5.06. The van der Waals surface area contributed by atoms with E-state index in [1.165, 1.54) is 30.3 Å². The molecule has 1 heterocycles. The van der Waals surface area contributed by atoms with Gasteiger partial charge in [-0.3, -0.25) is 9.59 Å². The van der Waals surface area contributed by atoms with Crippen molar-refractivity contribution in [1.82, 2.24) is 4.90 Å². The molecule has 0 bridgehead atoms. The van der Waals surface area contributed by atoms with E-state index in [1.807, 2.05) is 0 Å². The summed E-state index contributed by atoms with van der Waals surface area (Å²) in [7, 11) is 0. The highest BCUT2D eigenvalue weighted by molar-refractivity contribution is 6.31. The lowest BCUT2D eigenvalue weighted by Gasteiger charge is -2.31. The standard InChI is InChI=1S/C20H17ClF4N2O2/c21-17-6-5-15(11-16(17)20(23,24)25)26-18(28)12-7-9-27(10-8-12)19(29)13-1-3-14(22)4-2-13/h1-6,11-12H,7-10H2,(H,26,28). The number of halogens is 5. The summed E-state index contributed by atoms with van der Waals surface area (Å²) >= 11 is 5.58. The number of hydrogen-bond donors (Lipinski definition) is 1. The molecule has 4 nitrogen and oxygen atoms in total. The summed E-state index contributed by atoms with van der Waals surface area (Å²) in [5.74, 6) is -1.53. The van der Waals surface area contributed by atoms with Crippen LogP contribution in [0, 0.1) is 11.7 Å². The number of carbonyl (C=O) groups excluding carboxylic acids is 2. The number of nitrogens with one attached hydrogen (secondary N) is 1. The summed E-state index contributed by atoms with van der Waals surface area (Å²) in [6.07, 6.45) is -3.87. The second kappa shape index (κ2) is 8.41. The van der Waals surface area contributed by atoms with Crippen LogP contribution in [0.1, 0.15) is 28.8 Å². The molecule has 2 aromatic rings. The van der Waals surface area contributed by atoms with E-state index in [4.69, 9.17) is 11.6 Å². The third-order valence-corrected chi connectivity index (χ3v) is 5.11. The average Bonchev–Trinajstić information content (AvgIpc) is 2.68. The molecule has 1 fully saturated rings. The zero-order chi connectivity index (χ0) is 21.2. The van der Waals surface area contributed by atoms with Gasteiger partial charge >= 0.3 is 6.18 Å². The minimum atomic E-state index is -4.62. The Labute approximate surface area is 169 Å². The molecule has 29 heavy (non-hydrogen) atoms. The largest absolute Gasteiger partial charge is 0.417 e. The Morgan fingerprint density at radius 2 is 1.66 bits per heavy atom. The molecule has 0 aromatic heterocycles. The molecule has 1 saturated heterocycles. The number of benzene rings is 2. The van der Waals surface area contributed by atoms with Crippen molar-refractivity contribution in [3.05, 3.63) is 64.4 Å². The molecular formula is C20H17ClF4N2O2. The van der Waals surface area contributed by atoms with Crippen LogP contribution in [0.15, 0.2) is 42.5 Å². The first kappa shape index (κ1) is 21.1. The van der Waals surface area contributed by atoms with E-state index in [9.17, 15) is 27.2 Å². The first-order chi connectivity index (χ1) is 13.6. The Bertz CT molecular complexity index is 908. The van der Waals surface area contributed by atoms with Gasteiger partial charge in [-0.1, -0.05) is 11.6 Å². The fourth-order valence-electron chi connectivity index (χ4n) is 3.18. The fraction of sp³-hybridized carbons (Fsp3) is 0.300. The summed E-state index contributed by atoms with van der Waals surface area (Å²) in [5, 5.41) is 2.05. The number of hydrogen-bond acceptors (Lipinski definition) is 2. The van der Waals surface area contributed by atoms with E-state index >= 15 is 0 Å². The van der Waals surface area contributed by atoms with Gasteiger partial charge in [0.05, 0.1) is 10.6 Å². The van der Waals surface area contributed by atoms with Crippen LogP contribution in [0.3, 0.4) is 0 Å². The van der Waals surface area contributed by atoms with Crippen molar-refractivity contribution < 1.29 is 27.2 Å². The molecule has 3 rings (SSSR count). The van der Waals surface area contributed by atoms with Crippen molar-refractivity contribution in [3.8, 4) is 0 Å². The quantitative estimate of drug-likeness (QED) is 0.700. The molecule has 2 amide bonds. The average molecular weight is 429 g/mol. The van der Waals surface area contributed by atoms with Gasteiger partial charge in [0.1, 0.15) is 5.82 Å². The topological polar surface area (TPSA) is 49.4 Å². The number of piperidine rings is 1. The first-order valence-corrected chi connectivity index (χ1v) is 9.25.